The molecule has 0 aromatic rings. The molecule has 0 aliphatic carbocycles. The van der Waals surface area contributed by atoms with Gasteiger partial charge in [-0.2, -0.15) is 0 Å². The predicted molar refractivity (Wildman–Crippen MR) is 61.6 cm³/mol. The van der Waals surface area contributed by atoms with Crippen LogP contribution in [0.25, 0.3) is 0 Å². The maximum absolute atomic E-state index is 11.0. The molecule has 0 aromatic carbocycles. The first kappa shape index (κ1) is 14.7. The molecule has 102 valence electrons. The van der Waals surface area contributed by atoms with Gasteiger partial charge in [-0.05, 0) is 19.1 Å². The smallest absolute Gasteiger partial charge is 0.303 e. The third-order valence-electron chi connectivity index (χ3n) is 2.22. The highest BCUT2D eigenvalue weighted by atomic mass is 16.7. The molecule has 6 nitrogen and oxygen atoms in total. The molecule has 1 heterocycles. The van der Waals surface area contributed by atoms with Crippen LogP contribution in [0.15, 0.2) is 12.2 Å². The summed E-state index contributed by atoms with van der Waals surface area (Å²) in [4.78, 5) is 21.7. The Balaban J connectivity index is 2.62. The highest BCUT2D eigenvalue weighted by molar-refractivity contribution is 5.66. The molecule has 0 aromatic heterocycles. The molecular formula is C12H18O6. The molecule has 1 aliphatic rings. The number of hydrogen-bond donors (Lipinski definition) is 0. The Hall–Kier alpha value is -1.40. The van der Waals surface area contributed by atoms with Gasteiger partial charge in [-0.1, -0.05) is 0 Å². The lowest BCUT2D eigenvalue weighted by molar-refractivity contribution is -0.195. The van der Waals surface area contributed by atoms with E-state index in [1.54, 1.807) is 12.2 Å². The highest BCUT2D eigenvalue weighted by Gasteiger charge is 2.30. The van der Waals surface area contributed by atoms with Crippen molar-refractivity contribution in [1.82, 2.24) is 0 Å². The van der Waals surface area contributed by atoms with E-state index in [0.29, 0.717) is 6.61 Å². The fourth-order valence-corrected chi connectivity index (χ4v) is 1.52. The van der Waals surface area contributed by atoms with E-state index in [9.17, 15) is 9.59 Å². The molecule has 3 atom stereocenters. The SMILES string of the molecule is CCO[C@H]1C=C[C@H](OC(C)=O)[C@H](COC(C)=O)O1. The van der Waals surface area contributed by atoms with Gasteiger partial charge in [0.05, 0.1) is 0 Å². The second-order valence-electron chi connectivity index (χ2n) is 3.76. The van der Waals surface area contributed by atoms with E-state index in [1.165, 1.54) is 13.8 Å². The van der Waals surface area contributed by atoms with Gasteiger partial charge < -0.3 is 18.9 Å². The van der Waals surface area contributed by atoms with Gasteiger partial charge in [-0.3, -0.25) is 9.59 Å². The number of carbonyl (C=O) groups excluding carboxylic acids is 2. The van der Waals surface area contributed by atoms with Crippen LogP contribution < -0.4 is 0 Å². The summed E-state index contributed by atoms with van der Waals surface area (Å²) >= 11 is 0. The van der Waals surface area contributed by atoms with Crippen LogP contribution in [-0.2, 0) is 28.5 Å². The molecule has 0 unspecified atom stereocenters. The van der Waals surface area contributed by atoms with Gasteiger partial charge in [0.1, 0.15) is 18.8 Å². The molecule has 0 bridgehead atoms. The number of rotatable bonds is 5. The van der Waals surface area contributed by atoms with Crippen molar-refractivity contribution in [3.05, 3.63) is 12.2 Å². The van der Waals surface area contributed by atoms with Crippen molar-refractivity contribution >= 4 is 11.9 Å². The van der Waals surface area contributed by atoms with Crippen LogP contribution in [0.4, 0.5) is 0 Å². The topological polar surface area (TPSA) is 71.1 Å². The largest absolute Gasteiger partial charge is 0.463 e. The Bertz CT molecular complexity index is 325. The molecule has 6 heteroatoms. The molecule has 0 saturated heterocycles. The molecule has 0 N–H and O–H groups in total. The van der Waals surface area contributed by atoms with Crippen LogP contribution in [0.1, 0.15) is 20.8 Å². The molecule has 18 heavy (non-hydrogen) atoms. The third-order valence-corrected chi connectivity index (χ3v) is 2.22. The summed E-state index contributed by atoms with van der Waals surface area (Å²) in [7, 11) is 0. The van der Waals surface area contributed by atoms with Crippen molar-refractivity contribution in [2.45, 2.75) is 39.3 Å². The molecule has 0 radical (unpaired) electrons. The zero-order valence-corrected chi connectivity index (χ0v) is 10.8. The van der Waals surface area contributed by atoms with Crippen molar-refractivity contribution in [3.63, 3.8) is 0 Å². The molecular weight excluding hydrogens is 240 g/mol. The van der Waals surface area contributed by atoms with E-state index in [1.807, 2.05) is 6.92 Å². The summed E-state index contributed by atoms with van der Waals surface area (Å²) in [6.45, 7) is 4.97. The van der Waals surface area contributed by atoms with Gasteiger partial charge in [0.15, 0.2) is 6.29 Å². The standard InChI is InChI=1S/C12H18O6/c1-4-15-12-6-5-10(17-9(3)14)11(18-12)7-16-8(2)13/h5-6,10-12H,4,7H2,1-3H3/t10-,11-,12+/m0/s1. The Morgan fingerprint density at radius 3 is 2.50 bits per heavy atom. The van der Waals surface area contributed by atoms with Gasteiger partial charge in [-0.15, -0.1) is 0 Å². The number of hydrogen-bond acceptors (Lipinski definition) is 6. The summed E-state index contributed by atoms with van der Waals surface area (Å²) in [6.07, 6.45) is 1.71. The molecule has 0 spiro atoms. The minimum Gasteiger partial charge on any atom is -0.463 e. The van der Waals surface area contributed by atoms with Gasteiger partial charge >= 0.3 is 11.9 Å². The van der Waals surface area contributed by atoms with Crippen molar-refractivity contribution < 1.29 is 28.5 Å². The molecule has 1 aliphatic heterocycles. The minimum atomic E-state index is -0.571. The predicted octanol–water partition coefficient (Wildman–Crippen LogP) is 0.799. The minimum absolute atomic E-state index is 0.0151. The normalized spacial score (nSPS) is 26.7. The summed E-state index contributed by atoms with van der Waals surface area (Å²) in [5, 5.41) is 0. The zero-order valence-electron chi connectivity index (χ0n) is 10.8. The third kappa shape index (κ3) is 4.85. The van der Waals surface area contributed by atoms with Crippen molar-refractivity contribution in [2.75, 3.05) is 13.2 Å². The fraction of sp³-hybridized carbons (Fsp3) is 0.667. The Labute approximate surface area is 106 Å². The molecule has 0 amide bonds. The van der Waals surface area contributed by atoms with Crippen LogP contribution in [0, 0.1) is 0 Å². The molecule has 0 saturated carbocycles. The van der Waals surface area contributed by atoms with Gasteiger partial charge in [0.2, 0.25) is 0 Å². The zero-order chi connectivity index (χ0) is 13.5. The van der Waals surface area contributed by atoms with Gasteiger partial charge in [-0.25, -0.2) is 0 Å². The van der Waals surface area contributed by atoms with Crippen molar-refractivity contribution in [3.8, 4) is 0 Å². The number of esters is 2. The van der Waals surface area contributed by atoms with Crippen LogP contribution in [0.3, 0.4) is 0 Å². The van der Waals surface area contributed by atoms with Crippen LogP contribution in [0.5, 0.6) is 0 Å². The first-order valence-corrected chi connectivity index (χ1v) is 5.79. The van der Waals surface area contributed by atoms with Gasteiger partial charge in [0, 0.05) is 20.5 Å². The first-order valence-electron chi connectivity index (χ1n) is 5.79. The average Bonchev–Trinajstić information content (AvgIpc) is 2.28. The van der Waals surface area contributed by atoms with E-state index in [0.717, 1.165) is 0 Å². The first-order chi connectivity index (χ1) is 8.52. The molecule has 0 fully saturated rings. The van der Waals surface area contributed by atoms with Crippen molar-refractivity contribution in [2.24, 2.45) is 0 Å². The monoisotopic (exact) mass is 258 g/mol. The second kappa shape index (κ2) is 7.13. The Morgan fingerprint density at radius 2 is 1.94 bits per heavy atom. The summed E-state index contributed by atoms with van der Waals surface area (Å²) in [5.74, 6) is -0.835. The van der Waals surface area contributed by atoms with E-state index in [4.69, 9.17) is 18.9 Å². The lowest BCUT2D eigenvalue weighted by Gasteiger charge is -2.31. The summed E-state index contributed by atoms with van der Waals surface area (Å²) in [6, 6.07) is 0. The fourth-order valence-electron chi connectivity index (χ4n) is 1.52. The second-order valence-corrected chi connectivity index (χ2v) is 3.76. The van der Waals surface area contributed by atoms with Crippen LogP contribution >= 0.6 is 0 Å². The van der Waals surface area contributed by atoms with Gasteiger partial charge in [0.25, 0.3) is 0 Å². The van der Waals surface area contributed by atoms with E-state index in [2.05, 4.69) is 0 Å². The summed E-state index contributed by atoms with van der Waals surface area (Å²) in [5.41, 5.74) is 0. The quantitative estimate of drug-likeness (QED) is 0.536. The highest BCUT2D eigenvalue weighted by Crippen LogP contribution is 2.17. The maximum Gasteiger partial charge on any atom is 0.303 e. The Morgan fingerprint density at radius 1 is 1.22 bits per heavy atom. The average molecular weight is 258 g/mol. The van der Waals surface area contributed by atoms with Crippen LogP contribution in [-0.4, -0.2) is 43.7 Å². The molecule has 1 rings (SSSR count). The lowest BCUT2D eigenvalue weighted by atomic mass is 10.1. The number of carbonyl (C=O) groups is 2. The van der Waals surface area contributed by atoms with E-state index >= 15 is 0 Å². The van der Waals surface area contributed by atoms with E-state index in [-0.39, 0.29) is 6.61 Å². The Kier molecular flexibility index (Phi) is 5.80. The van der Waals surface area contributed by atoms with Crippen LogP contribution in [0.2, 0.25) is 0 Å². The van der Waals surface area contributed by atoms with E-state index < -0.39 is 30.4 Å². The lowest BCUT2D eigenvalue weighted by Crippen LogP contribution is -2.42. The van der Waals surface area contributed by atoms with Crippen molar-refractivity contribution in [1.29, 1.82) is 0 Å². The number of ether oxygens (including phenoxy) is 4. The summed E-state index contributed by atoms with van der Waals surface area (Å²) < 4.78 is 20.8. The maximum atomic E-state index is 11.0.